The molecule has 0 heterocycles. The smallest absolute Gasteiger partial charge is 0.328 e. The van der Waals surface area contributed by atoms with Crippen LogP contribution in [0.1, 0.15) is 12.5 Å². The number of carbonyl (C=O) groups excluding carboxylic acids is 2. The summed E-state index contributed by atoms with van der Waals surface area (Å²) in [6.45, 7) is 0.610. The molecule has 0 unspecified atom stereocenters. The number of aliphatic carboxylic acids is 1. The minimum absolute atomic E-state index is 0.0962. The van der Waals surface area contributed by atoms with Crippen molar-refractivity contribution < 1.29 is 29.7 Å². The predicted molar refractivity (Wildman–Crippen MR) is 84.0 cm³/mol. The first-order chi connectivity index (χ1) is 11.2. The second-order valence-corrected chi connectivity index (χ2v) is 5.29. The number of aliphatic hydroxyl groups excluding tert-OH is 1. The minimum Gasteiger partial charge on any atom is -0.508 e. The van der Waals surface area contributed by atoms with Gasteiger partial charge in [-0.3, -0.25) is 9.59 Å². The summed E-state index contributed by atoms with van der Waals surface area (Å²) in [6.07, 6.45) is 0.203. The summed E-state index contributed by atoms with van der Waals surface area (Å²) in [5.74, 6) is -2.62. The molecule has 7 N–H and O–H groups in total. The standard InChI is InChI=1S/C15H21N3O6/c1-8(13(21)18-12(7-19)15(23)24)17-14(22)11(16)6-9-2-4-10(20)5-3-9/h2-5,8,11-12,19-20H,6-7,16H2,1H3,(H,17,22)(H,18,21)(H,23,24)/t8-,11-,12-/m0/s1. The first-order valence-corrected chi connectivity index (χ1v) is 7.22. The van der Waals surface area contributed by atoms with Gasteiger partial charge in [-0.2, -0.15) is 0 Å². The van der Waals surface area contributed by atoms with E-state index in [0.717, 1.165) is 5.56 Å². The van der Waals surface area contributed by atoms with E-state index in [-0.39, 0.29) is 12.2 Å². The maximum atomic E-state index is 12.0. The topological polar surface area (TPSA) is 162 Å². The van der Waals surface area contributed by atoms with Crippen molar-refractivity contribution in [1.82, 2.24) is 10.6 Å². The van der Waals surface area contributed by atoms with Gasteiger partial charge in [-0.15, -0.1) is 0 Å². The Bertz CT molecular complexity index is 589. The highest BCUT2D eigenvalue weighted by Crippen LogP contribution is 2.10. The number of carboxylic acid groups (broad SMARTS) is 1. The monoisotopic (exact) mass is 339 g/mol. The molecule has 9 heteroatoms. The lowest BCUT2D eigenvalue weighted by atomic mass is 10.1. The van der Waals surface area contributed by atoms with E-state index in [1.807, 2.05) is 0 Å². The number of nitrogens with one attached hydrogen (secondary N) is 2. The molecule has 0 aliphatic carbocycles. The lowest BCUT2D eigenvalue weighted by molar-refractivity contribution is -0.143. The molecule has 0 aliphatic rings. The Kier molecular flexibility index (Phi) is 7.15. The summed E-state index contributed by atoms with van der Waals surface area (Å²) < 4.78 is 0. The van der Waals surface area contributed by atoms with Crippen molar-refractivity contribution >= 4 is 17.8 Å². The second-order valence-electron chi connectivity index (χ2n) is 5.29. The van der Waals surface area contributed by atoms with Crippen LogP contribution in [-0.4, -0.2) is 57.8 Å². The zero-order valence-corrected chi connectivity index (χ0v) is 13.1. The number of hydrogen-bond acceptors (Lipinski definition) is 6. The third kappa shape index (κ3) is 5.86. The van der Waals surface area contributed by atoms with Crippen LogP contribution < -0.4 is 16.4 Å². The largest absolute Gasteiger partial charge is 0.508 e. The Hall–Kier alpha value is -2.65. The molecule has 1 aromatic rings. The molecule has 0 saturated heterocycles. The van der Waals surface area contributed by atoms with E-state index in [1.54, 1.807) is 12.1 Å². The molecule has 2 amide bonds. The average molecular weight is 339 g/mol. The molecule has 24 heavy (non-hydrogen) atoms. The van der Waals surface area contributed by atoms with Crippen LogP contribution in [0.4, 0.5) is 0 Å². The molecule has 0 spiro atoms. The van der Waals surface area contributed by atoms with Crippen LogP contribution in [0.15, 0.2) is 24.3 Å². The maximum Gasteiger partial charge on any atom is 0.328 e. The summed E-state index contributed by atoms with van der Waals surface area (Å²) >= 11 is 0. The van der Waals surface area contributed by atoms with Gasteiger partial charge in [0.2, 0.25) is 11.8 Å². The Morgan fingerprint density at radius 1 is 1.12 bits per heavy atom. The van der Waals surface area contributed by atoms with Gasteiger partial charge in [0.1, 0.15) is 17.8 Å². The molecule has 1 aromatic carbocycles. The van der Waals surface area contributed by atoms with Crippen LogP contribution in [0.5, 0.6) is 5.75 Å². The van der Waals surface area contributed by atoms with Crippen molar-refractivity contribution in [3.05, 3.63) is 29.8 Å². The normalized spacial score (nSPS) is 14.3. The number of aromatic hydroxyl groups is 1. The predicted octanol–water partition coefficient (Wildman–Crippen LogP) is -1.67. The first-order valence-electron chi connectivity index (χ1n) is 7.22. The van der Waals surface area contributed by atoms with E-state index in [4.69, 9.17) is 15.9 Å². The lowest BCUT2D eigenvalue weighted by Gasteiger charge is -2.19. The van der Waals surface area contributed by atoms with Gasteiger partial charge >= 0.3 is 5.97 Å². The van der Waals surface area contributed by atoms with E-state index in [2.05, 4.69) is 10.6 Å². The van der Waals surface area contributed by atoms with Gasteiger partial charge in [0.25, 0.3) is 0 Å². The quantitative estimate of drug-likeness (QED) is 0.330. The van der Waals surface area contributed by atoms with Gasteiger partial charge in [0.05, 0.1) is 12.6 Å². The van der Waals surface area contributed by atoms with Crippen molar-refractivity contribution in [3.8, 4) is 5.75 Å². The lowest BCUT2D eigenvalue weighted by Crippen LogP contribution is -2.54. The minimum atomic E-state index is -1.44. The maximum absolute atomic E-state index is 12.0. The summed E-state index contributed by atoms with van der Waals surface area (Å²) in [5, 5.41) is 31.3. The van der Waals surface area contributed by atoms with E-state index < -0.39 is 42.5 Å². The van der Waals surface area contributed by atoms with E-state index >= 15 is 0 Å². The number of benzene rings is 1. The number of rotatable bonds is 8. The molecular formula is C15H21N3O6. The van der Waals surface area contributed by atoms with Crippen LogP contribution >= 0.6 is 0 Å². The van der Waals surface area contributed by atoms with Crippen LogP contribution in [-0.2, 0) is 20.8 Å². The van der Waals surface area contributed by atoms with Gasteiger partial charge in [-0.1, -0.05) is 12.1 Å². The summed E-state index contributed by atoms with van der Waals surface area (Å²) in [4.78, 5) is 34.5. The molecule has 0 saturated carbocycles. The number of nitrogens with two attached hydrogens (primary N) is 1. The Morgan fingerprint density at radius 2 is 1.71 bits per heavy atom. The van der Waals surface area contributed by atoms with Gasteiger partial charge in [0, 0.05) is 0 Å². The van der Waals surface area contributed by atoms with Gasteiger partial charge in [-0.25, -0.2) is 4.79 Å². The Labute approximate surface area is 138 Å². The number of phenols is 1. The van der Waals surface area contributed by atoms with Crippen molar-refractivity contribution in [1.29, 1.82) is 0 Å². The first kappa shape index (κ1) is 19.4. The molecule has 0 aromatic heterocycles. The van der Waals surface area contributed by atoms with Crippen molar-refractivity contribution in [2.24, 2.45) is 5.73 Å². The highest BCUT2D eigenvalue weighted by atomic mass is 16.4. The summed E-state index contributed by atoms with van der Waals surface area (Å²) in [7, 11) is 0. The molecule has 0 radical (unpaired) electrons. The molecule has 132 valence electrons. The fourth-order valence-electron chi connectivity index (χ4n) is 1.85. The van der Waals surface area contributed by atoms with Crippen LogP contribution in [0.3, 0.4) is 0 Å². The third-order valence-corrected chi connectivity index (χ3v) is 3.28. The Balaban J connectivity index is 2.54. The molecular weight excluding hydrogens is 318 g/mol. The van der Waals surface area contributed by atoms with E-state index in [0.29, 0.717) is 0 Å². The molecule has 0 aliphatic heterocycles. The SMILES string of the molecule is C[C@H](NC(=O)[C@@H](N)Cc1ccc(O)cc1)C(=O)N[C@@H](CO)C(=O)O. The number of aliphatic hydroxyl groups is 1. The molecule has 9 nitrogen and oxygen atoms in total. The van der Waals surface area contributed by atoms with Gasteiger partial charge in [0.15, 0.2) is 0 Å². The van der Waals surface area contributed by atoms with Crippen molar-refractivity contribution in [2.75, 3.05) is 6.61 Å². The van der Waals surface area contributed by atoms with E-state index in [1.165, 1.54) is 19.1 Å². The zero-order valence-electron chi connectivity index (χ0n) is 13.1. The fraction of sp³-hybridized carbons (Fsp3) is 0.400. The number of carbonyl (C=O) groups is 3. The highest BCUT2D eigenvalue weighted by molar-refractivity contribution is 5.91. The summed E-state index contributed by atoms with van der Waals surface area (Å²) in [5.41, 5.74) is 6.51. The molecule has 3 atom stereocenters. The highest BCUT2D eigenvalue weighted by Gasteiger charge is 2.24. The number of phenolic OH excluding ortho intramolecular Hbond substituents is 1. The van der Waals surface area contributed by atoms with Gasteiger partial charge in [-0.05, 0) is 31.0 Å². The third-order valence-electron chi connectivity index (χ3n) is 3.28. The number of carboxylic acids is 1. The van der Waals surface area contributed by atoms with Crippen LogP contribution in [0.2, 0.25) is 0 Å². The number of amides is 2. The second kappa shape index (κ2) is 8.85. The molecule has 0 fully saturated rings. The zero-order chi connectivity index (χ0) is 18.3. The average Bonchev–Trinajstić information content (AvgIpc) is 2.53. The van der Waals surface area contributed by atoms with Gasteiger partial charge < -0.3 is 31.7 Å². The Morgan fingerprint density at radius 3 is 2.21 bits per heavy atom. The molecule has 1 rings (SSSR count). The van der Waals surface area contributed by atoms with Crippen molar-refractivity contribution in [2.45, 2.75) is 31.5 Å². The van der Waals surface area contributed by atoms with Crippen molar-refractivity contribution in [3.63, 3.8) is 0 Å². The summed E-state index contributed by atoms with van der Waals surface area (Å²) in [6, 6.07) is 2.81. The molecule has 0 bridgehead atoms. The van der Waals surface area contributed by atoms with Crippen LogP contribution in [0, 0.1) is 0 Å². The fourth-order valence-corrected chi connectivity index (χ4v) is 1.85. The van der Waals surface area contributed by atoms with E-state index in [9.17, 15) is 19.5 Å². The van der Waals surface area contributed by atoms with Crippen LogP contribution in [0.25, 0.3) is 0 Å². The number of hydrogen-bond donors (Lipinski definition) is 6.